The van der Waals surface area contributed by atoms with Crippen LogP contribution in [0.5, 0.6) is 11.5 Å². The van der Waals surface area contributed by atoms with Gasteiger partial charge in [0.05, 0.1) is 32.2 Å². The third-order valence-electron chi connectivity index (χ3n) is 3.68. The Morgan fingerprint density at radius 3 is 2.83 bits per heavy atom. The standard InChI is InChI=1S/C18H13Cl2N3O5S/c1-2-28-13-7-9(6-12(16(13)24)23(26)27)8-14-17(25)22-18(29-14)21-11-5-3-4-10(19)15(11)20/h3-8,24H,2H2,1H3,(H,21,22,25)/b14-8+. The largest absolute Gasteiger partial charge is 0.500 e. The van der Waals surface area contributed by atoms with Crippen molar-refractivity contribution in [3.63, 3.8) is 0 Å². The monoisotopic (exact) mass is 453 g/mol. The summed E-state index contributed by atoms with van der Waals surface area (Å²) in [5.74, 6) is -1.04. The fraction of sp³-hybridized carbons (Fsp3) is 0.111. The number of phenolic OH excluding ortho intramolecular Hbond substituents is 1. The minimum atomic E-state index is -0.726. The van der Waals surface area contributed by atoms with E-state index in [1.807, 2.05) is 0 Å². The third kappa shape index (κ3) is 4.64. The molecule has 0 aromatic heterocycles. The van der Waals surface area contributed by atoms with Gasteiger partial charge in [0, 0.05) is 6.07 Å². The normalized spacial score (nSPS) is 16.3. The van der Waals surface area contributed by atoms with E-state index in [1.165, 1.54) is 12.1 Å². The van der Waals surface area contributed by atoms with E-state index in [-0.39, 0.29) is 27.5 Å². The molecule has 0 unspecified atom stereocenters. The van der Waals surface area contributed by atoms with Crippen molar-refractivity contribution in [2.75, 3.05) is 6.61 Å². The van der Waals surface area contributed by atoms with Crippen LogP contribution in [0.2, 0.25) is 10.0 Å². The topological polar surface area (TPSA) is 114 Å². The molecule has 0 bridgehead atoms. The first-order valence-electron chi connectivity index (χ1n) is 8.18. The highest BCUT2D eigenvalue weighted by Crippen LogP contribution is 2.39. The van der Waals surface area contributed by atoms with Crippen LogP contribution >= 0.6 is 35.0 Å². The molecule has 8 nitrogen and oxygen atoms in total. The van der Waals surface area contributed by atoms with Crippen LogP contribution in [0.1, 0.15) is 12.5 Å². The van der Waals surface area contributed by atoms with Gasteiger partial charge in [-0.1, -0.05) is 29.3 Å². The molecule has 0 saturated carbocycles. The lowest BCUT2D eigenvalue weighted by Gasteiger charge is -2.07. The van der Waals surface area contributed by atoms with Gasteiger partial charge in [0.25, 0.3) is 5.91 Å². The van der Waals surface area contributed by atoms with Gasteiger partial charge in [-0.2, -0.15) is 0 Å². The summed E-state index contributed by atoms with van der Waals surface area (Å²) in [7, 11) is 0. The van der Waals surface area contributed by atoms with Gasteiger partial charge in [-0.25, -0.2) is 4.99 Å². The molecule has 11 heteroatoms. The maximum atomic E-state index is 12.3. The van der Waals surface area contributed by atoms with Crippen molar-refractivity contribution >= 4 is 63.5 Å². The predicted molar refractivity (Wildman–Crippen MR) is 113 cm³/mol. The number of amidine groups is 1. The predicted octanol–water partition coefficient (Wildman–Crippen LogP) is 4.90. The molecule has 0 radical (unpaired) electrons. The lowest BCUT2D eigenvalue weighted by atomic mass is 10.1. The van der Waals surface area contributed by atoms with Crippen LogP contribution in [0.25, 0.3) is 6.08 Å². The van der Waals surface area contributed by atoms with Crippen LogP contribution in [0.15, 0.2) is 40.2 Å². The summed E-state index contributed by atoms with van der Waals surface area (Å²) in [6.07, 6.45) is 1.44. The number of ether oxygens (including phenoxy) is 1. The Morgan fingerprint density at radius 2 is 2.14 bits per heavy atom. The summed E-state index contributed by atoms with van der Waals surface area (Å²) in [5.41, 5.74) is 0.186. The molecule has 1 fully saturated rings. The van der Waals surface area contributed by atoms with Crippen LogP contribution in [-0.2, 0) is 4.79 Å². The molecule has 1 amide bonds. The minimum Gasteiger partial charge on any atom is -0.500 e. The molecular weight excluding hydrogens is 441 g/mol. The maximum absolute atomic E-state index is 12.3. The van der Waals surface area contributed by atoms with Crippen molar-refractivity contribution in [3.8, 4) is 11.5 Å². The van der Waals surface area contributed by atoms with Crippen LogP contribution < -0.4 is 10.1 Å². The average molecular weight is 454 g/mol. The molecule has 1 saturated heterocycles. The fourth-order valence-electron chi connectivity index (χ4n) is 2.42. The van der Waals surface area contributed by atoms with Crippen molar-refractivity contribution in [3.05, 3.63) is 61.0 Å². The molecular formula is C18H13Cl2N3O5S. The number of phenols is 1. The zero-order valence-electron chi connectivity index (χ0n) is 14.8. The van der Waals surface area contributed by atoms with E-state index in [9.17, 15) is 20.0 Å². The number of aromatic hydroxyl groups is 1. The molecule has 150 valence electrons. The van der Waals surface area contributed by atoms with Crippen LogP contribution in [0.4, 0.5) is 11.4 Å². The number of thioether (sulfide) groups is 1. The van der Waals surface area contributed by atoms with Crippen molar-refractivity contribution in [2.24, 2.45) is 4.99 Å². The van der Waals surface area contributed by atoms with Crippen LogP contribution in [0, 0.1) is 10.1 Å². The number of nitro groups is 1. The Balaban J connectivity index is 1.95. The Bertz CT molecular complexity index is 1070. The molecule has 2 aromatic rings. The summed E-state index contributed by atoms with van der Waals surface area (Å²) < 4.78 is 5.24. The number of aliphatic imine (C=N–C) groups is 1. The van der Waals surface area contributed by atoms with E-state index >= 15 is 0 Å². The second-order valence-corrected chi connectivity index (χ2v) is 7.45. The number of carbonyl (C=O) groups is 1. The first kappa shape index (κ1) is 21.0. The van der Waals surface area contributed by atoms with Gasteiger partial charge in [0.2, 0.25) is 5.75 Å². The third-order valence-corrected chi connectivity index (χ3v) is 5.39. The number of benzene rings is 2. The maximum Gasteiger partial charge on any atom is 0.315 e. The van der Waals surface area contributed by atoms with E-state index < -0.39 is 22.3 Å². The van der Waals surface area contributed by atoms with Crippen LogP contribution in [-0.4, -0.2) is 27.7 Å². The van der Waals surface area contributed by atoms with Gasteiger partial charge < -0.3 is 15.2 Å². The highest BCUT2D eigenvalue weighted by atomic mass is 35.5. The molecule has 3 rings (SSSR count). The molecule has 1 aliphatic heterocycles. The van der Waals surface area contributed by atoms with Crippen molar-refractivity contribution in [1.29, 1.82) is 0 Å². The van der Waals surface area contributed by atoms with Crippen molar-refractivity contribution in [1.82, 2.24) is 5.32 Å². The Morgan fingerprint density at radius 1 is 1.38 bits per heavy atom. The summed E-state index contributed by atoms with van der Waals surface area (Å²) in [5, 5.41) is 24.6. The van der Waals surface area contributed by atoms with Gasteiger partial charge >= 0.3 is 5.69 Å². The molecule has 1 aliphatic rings. The molecule has 29 heavy (non-hydrogen) atoms. The van der Waals surface area contributed by atoms with E-state index in [0.717, 1.165) is 17.8 Å². The van der Waals surface area contributed by atoms with Crippen LogP contribution in [0.3, 0.4) is 0 Å². The quantitative estimate of drug-likeness (QED) is 0.378. The van der Waals surface area contributed by atoms with Gasteiger partial charge in [-0.15, -0.1) is 0 Å². The number of carbonyl (C=O) groups excluding carboxylic acids is 1. The number of hydrogen-bond donors (Lipinski definition) is 2. The van der Waals surface area contributed by atoms with E-state index in [1.54, 1.807) is 25.1 Å². The summed E-state index contributed by atoms with van der Waals surface area (Å²) in [6, 6.07) is 7.51. The molecule has 1 heterocycles. The molecule has 0 aliphatic carbocycles. The number of nitrogens with one attached hydrogen (secondary N) is 1. The smallest absolute Gasteiger partial charge is 0.315 e. The first-order chi connectivity index (χ1) is 13.8. The Hall–Kier alpha value is -2.75. The SMILES string of the molecule is CCOc1cc(/C=C2/SC(=Nc3cccc(Cl)c3Cl)NC2=O)cc([N+](=O)[O-])c1O. The summed E-state index contributed by atoms with van der Waals surface area (Å²) in [6.45, 7) is 1.89. The Labute approximate surface area is 179 Å². The van der Waals surface area contributed by atoms with Gasteiger partial charge in [0.1, 0.15) is 0 Å². The molecule has 2 N–H and O–H groups in total. The fourth-order valence-corrected chi connectivity index (χ4v) is 3.59. The zero-order chi connectivity index (χ0) is 21.1. The highest BCUT2D eigenvalue weighted by molar-refractivity contribution is 8.18. The van der Waals surface area contributed by atoms with Gasteiger partial charge in [0.15, 0.2) is 10.9 Å². The summed E-state index contributed by atoms with van der Waals surface area (Å²) >= 11 is 13.1. The number of hydrogen-bond acceptors (Lipinski definition) is 7. The second-order valence-electron chi connectivity index (χ2n) is 5.63. The van der Waals surface area contributed by atoms with E-state index in [2.05, 4.69) is 10.3 Å². The lowest BCUT2D eigenvalue weighted by molar-refractivity contribution is -0.386. The number of rotatable bonds is 5. The lowest BCUT2D eigenvalue weighted by Crippen LogP contribution is -2.19. The minimum absolute atomic E-state index is 0.0449. The average Bonchev–Trinajstić information content (AvgIpc) is 3.00. The number of halogens is 2. The number of amides is 1. The van der Waals surface area contributed by atoms with E-state index in [4.69, 9.17) is 27.9 Å². The summed E-state index contributed by atoms with van der Waals surface area (Å²) in [4.78, 5) is 27.3. The van der Waals surface area contributed by atoms with E-state index in [0.29, 0.717) is 16.3 Å². The number of nitro benzene ring substituents is 1. The first-order valence-corrected chi connectivity index (χ1v) is 9.75. The molecule has 2 aromatic carbocycles. The van der Waals surface area contributed by atoms with Crippen molar-refractivity contribution < 1.29 is 19.6 Å². The van der Waals surface area contributed by atoms with Crippen molar-refractivity contribution in [2.45, 2.75) is 6.92 Å². The Kier molecular flexibility index (Phi) is 6.31. The zero-order valence-corrected chi connectivity index (χ0v) is 17.1. The molecule has 0 atom stereocenters. The number of nitrogens with zero attached hydrogens (tertiary/aromatic N) is 2. The highest BCUT2D eigenvalue weighted by Gasteiger charge is 2.26. The van der Waals surface area contributed by atoms with Gasteiger partial charge in [-0.05, 0) is 48.5 Å². The van der Waals surface area contributed by atoms with Gasteiger partial charge in [-0.3, -0.25) is 14.9 Å². The molecule has 0 spiro atoms. The second kappa shape index (κ2) is 8.73.